The monoisotopic (exact) mass is 332 g/mol. The number of nitrogens with one attached hydrogen (secondary N) is 1. The Hall–Kier alpha value is -0.730. The fourth-order valence-electron chi connectivity index (χ4n) is 2.68. The lowest BCUT2D eigenvalue weighted by Gasteiger charge is -2.36. The lowest BCUT2D eigenvalue weighted by atomic mass is 10.2. The summed E-state index contributed by atoms with van der Waals surface area (Å²) in [5.41, 5.74) is 2.05. The Bertz CT molecular complexity index is 598. The summed E-state index contributed by atoms with van der Waals surface area (Å²) in [4.78, 5) is 2.01. The molecule has 0 aliphatic carbocycles. The highest BCUT2D eigenvalue weighted by Crippen LogP contribution is 2.30. The molecule has 1 N–H and O–H groups in total. The topological polar surface area (TPSA) is 67.2 Å². The first-order valence-electron chi connectivity index (χ1n) is 7.12. The van der Waals surface area contributed by atoms with E-state index in [4.69, 9.17) is 0 Å². The van der Waals surface area contributed by atoms with Gasteiger partial charge in [-0.25, -0.2) is 8.42 Å². The lowest BCUT2D eigenvalue weighted by molar-refractivity contribution is 0.580. The first kappa shape index (κ1) is 16.6. The zero-order chi connectivity index (χ0) is 15.6. The largest absolute Gasteiger partial charge is 0.338 e. The van der Waals surface area contributed by atoms with Crippen LogP contribution in [0.25, 0.3) is 0 Å². The highest BCUT2D eigenvalue weighted by molar-refractivity contribution is 8.01. The molecular weight excluding hydrogens is 308 g/mol. The Kier molecular flexibility index (Phi) is 5.21. The maximum absolute atomic E-state index is 12.1. The van der Waals surface area contributed by atoms with Gasteiger partial charge in [0.2, 0.25) is 0 Å². The Labute approximate surface area is 131 Å². The van der Waals surface area contributed by atoms with Crippen LogP contribution in [0.3, 0.4) is 0 Å². The van der Waals surface area contributed by atoms with Crippen LogP contribution in [-0.2, 0) is 23.4 Å². The predicted octanol–water partition coefficient (Wildman–Crippen LogP) is 0.762. The van der Waals surface area contributed by atoms with Gasteiger partial charge in [0, 0.05) is 43.5 Å². The normalized spacial score (nSPS) is 20.0. The van der Waals surface area contributed by atoms with Crippen molar-refractivity contribution in [2.45, 2.75) is 25.8 Å². The van der Waals surface area contributed by atoms with Crippen LogP contribution in [-0.4, -0.2) is 54.4 Å². The molecule has 2 rings (SSSR count). The van der Waals surface area contributed by atoms with Crippen molar-refractivity contribution in [3.05, 3.63) is 11.3 Å². The van der Waals surface area contributed by atoms with Crippen molar-refractivity contribution in [3.8, 4) is 0 Å². The minimum atomic E-state index is -3.12. The molecule has 120 valence electrons. The molecule has 0 radical (unpaired) electrons. The molecule has 1 saturated heterocycles. The highest BCUT2D eigenvalue weighted by Gasteiger charge is 2.34. The second-order valence-electron chi connectivity index (χ2n) is 5.34. The van der Waals surface area contributed by atoms with Crippen molar-refractivity contribution in [1.82, 2.24) is 15.1 Å². The van der Waals surface area contributed by atoms with E-state index >= 15 is 0 Å². The van der Waals surface area contributed by atoms with Crippen LogP contribution in [0.1, 0.15) is 18.2 Å². The van der Waals surface area contributed by atoms with Crippen molar-refractivity contribution >= 4 is 27.4 Å². The molecule has 1 atom stereocenters. The molecule has 1 aliphatic rings. The summed E-state index contributed by atoms with van der Waals surface area (Å²) in [5.74, 6) is 2.49. The average molecular weight is 332 g/mol. The van der Waals surface area contributed by atoms with Gasteiger partial charge in [0.15, 0.2) is 9.84 Å². The molecule has 1 aliphatic heterocycles. The summed E-state index contributed by atoms with van der Waals surface area (Å²) in [5, 5.41) is 7.34. The Morgan fingerprint density at radius 2 is 2.19 bits per heavy atom. The molecule has 1 aromatic heterocycles. The zero-order valence-electron chi connectivity index (χ0n) is 13.1. The van der Waals surface area contributed by atoms with E-state index in [1.165, 1.54) is 6.26 Å². The number of anilines is 1. The van der Waals surface area contributed by atoms with Crippen molar-refractivity contribution in [2.75, 3.05) is 35.8 Å². The maximum Gasteiger partial charge on any atom is 0.169 e. The third-order valence-electron chi connectivity index (χ3n) is 3.72. The van der Waals surface area contributed by atoms with E-state index in [9.17, 15) is 8.42 Å². The summed E-state index contributed by atoms with van der Waals surface area (Å²) in [7, 11) is -1.24. The summed E-state index contributed by atoms with van der Waals surface area (Å²) >= 11 is 1.70. The number of hydrogen-bond acceptors (Lipinski definition) is 6. The summed E-state index contributed by atoms with van der Waals surface area (Å²) in [6.07, 6.45) is 1.32. The molecule has 1 fully saturated rings. The van der Waals surface area contributed by atoms with Gasteiger partial charge < -0.3 is 10.2 Å². The molecule has 8 heteroatoms. The van der Waals surface area contributed by atoms with Gasteiger partial charge >= 0.3 is 0 Å². The number of aryl methyl sites for hydroxylation is 2. The molecule has 0 saturated carbocycles. The average Bonchev–Trinajstić information content (AvgIpc) is 2.69. The molecule has 1 aromatic rings. The minimum Gasteiger partial charge on any atom is -0.338 e. The molecular formula is C13H24N4O2S2. The van der Waals surface area contributed by atoms with Gasteiger partial charge in [-0.05, 0) is 13.5 Å². The second-order valence-corrected chi connectivity index (χ2v) is 8.70. The Morgan fingerprint density at radius 3 is 2.81 bits per heavy atom. The quantitative estimate of drug-likeness (QED) is 0.859. The van der Waals surface area contributed by atoms with Crippen LogP contribution in [0, 0.1) is 6.92 Å². The molecule has 0 aromatic carbocycles. The van der Waals surface area contributed by atoms with E-state index in [0.717, 1.165) is 35.9 Å². The van der Waals surface area contributed by atoms with Gasteiger partial charge in [0.05, 0.1) is 5.69 Å². The van der Waals surface area contributed by atoms with E-state index in [0.29, 0.717) is 12.3 Å². The predicted molar refractivity (Wildman–Crippen MR) is 88.6 cm³/mol. The summed E-state index contributed by atoms with van der Waals surface area (Å²) < 4.78 is 26.0. The van der Waals surface area contributed by atoms with Gasteiger partial charge in [-0.1, -0.05) is 6.92 Å². The summed E-state index contributed by atoms with van der Waals surface area (Å²) in [6, 6.07) is 0. The summed E-state index contributed by atoms with van der Waals surface area (Å²) in [6.45, 7) is 6.36. The highest BCUT2D eigenvalue weighted by atomic mass is 32.2. The second kappa shape index (κ2) is 6.58. The van der Waals surface area contributed by atoms with Crippen LogP contribution in [0.5, 0.6) is 0 Å². The molecule has 1 unspecified atom stereocenters. The van der Waals surface area contributed by atoms with Crippen LogP contribution in [0.4, 0.5) is 5.82 Å². The van der Waals surface area contributed by atoms with Crippen LogP contribution < -0.4 is 10.2 Å². The Balaban J connectivity index is 2.43. The van der Waals surface area contributed by atoms with Crippen molar-refractivity contribution in [2.24, 2.45) is 7.05 Å². The standard InChI is InChI=1S/C13H24N4O2S2/c1-5-14-8-11-10(2)15-16(3)13(11)17-6-7-20-9-12(17)21(4,18)19/h12,14H,5-9H2,1-4H3. The lowest BCUT2D eigenvalue weighted by Crippen LogP contribution is -2.48. The third kappa shape index (κ3) is 3.54. The number of rotatable bonds is 5. The SMILES string of the molecule is CCNCc1c(C)nn(C)c1N1CCSCC1S(C)(=O)=O. The maximum atomic E-state index is 12.1. The molecule has 0 spiro atoms. The Morgan fingerprint density at radius 1 is 1.48 bits per heavy atom. The molecule has 21 heavy (non-hydrogen) atoms. The van der Waals surface area contributed by atoms with Gasteiger partial charge in [0.1, 0.15) is 11.2 Å². The van der Waals surface area contributed by atoms with Crippen LogP contribution in [0.2, 0.25) is 0 Å². The molecule has 0 bridgehead atoms. The van der Waals surface area contributed by atoms with E-state index in [1.807, 2.05) is 23.6 Å². The van der Waals surface area contributed by atoms with Crippen molar-refractivity contribution in [3.63, 3.8) is 0 Å². The van der Waals surface area contributed by atoms with Crippen LogP contribution >= 0.6 is 11.8 Å². The van der Waals surface area contributed by atoms with Crippen molar-refractivity contribution < 1.29 is 8.42 Å². The van der Waals surface area contributed by atoms with E-state index < -0.39 is 15.2 Å². The molecule has 2 heterocycles. The third-order valence-corrected chi connectivity index (χ3v) is 6.36. The smallest absolute Gasteiger partial charge is 0.169 e. The molecule has 0 amide bonds. The number of hydrogen-bond donors (Lipinski definition) is 1. The van der Waals surface area contributed by atoms with Gasteiger partial charge in [-0.15, -0.1) is 0 Å². The van der Waals surface area contributed by atoms with E-state index in [2.05, 4.69) is 17.3 Å². The zero-order valence-corrected chi connectivity index (χ0v) is 14.7. The number of thioether (sulfide) groups is 1. The first-order valence-corrected chi connectivity index (χ1v) is 10.2. The fourth-order valence-corrected chi connectivity index (χ4v) is 5.50. The first-order chi connectivity index (χ1) is 9.86. The fraction of sp³-hybridized carbons (Fsp3) is 0.769. The van der Waals surface area contributed by atoms with E-state index in [-0.39, 0.29) is 0 Å². The molecule has 6 nitrogen and oxygen atoms in total. The van der Waals surface area contributed by atoms with E-state index in [1.54, 1.807) is 11.8 Å². The number of nitrogens with zero attached hydrogens (tertiary/aromatic N) is 3. The van der Waals surface area contributed by atoms with Crippen LogP contribution in [0.15, 0.2) is 0 Å². The number of aromatic nitrogens is 2. The minimum absolute atomic E-state index is 0.466. The van der Waals surface area contributed by atoms with Gasteiger partial charge in [-0.2, -0.15) is 16.9 Å². The van der Waals surface area contributed by atoms with Gasteiger partial charge in [0.25, 0.3) is 0 Å². The number of sulfone groups is 1. The van der Waals surface area contributed by atoms with Gasteiger partial charge in [-0.3, -0.25) is 4.68 Å². The van der Waals surface area contributed by atoms with Crippen molar-refractivity contribution in [1.29, 1.82) is 0 Å².